The van der Waals surface area contributed by atoms with E-state index in [1.807, 2.05) is 37.4 Å². The van der Waals surface area contributed by atoms with Crippen molar-refractivity contribution in [3.05, 3.63) is 47.7 Å². The Hall–Kier alpha value is -3.17. The number of amides is 1. The smallest absolute Gasteiger partial charge is 0.328 e. The number of carbonyl (C=O) groups excluding carboxylic acids is 2. The van der Waals surface area contributed by atoms with Gasteiger partial charge in [0.15, 0.2) is 6.61 Å². The second-order valence-electron chi connectivity index (χ2n) is 14.0. The molecule has 8 atom stereocenters. The van der Waals surface area contributed by atoms with Crippen molar-refractivity contribution in [1.82, 2.24) is 10.3 Å². The molecule has 3 fully saturated rings. The fraction of sp³-hybridized carbons (Fsp3) is 0.618. The largest absolute Gasteiger partial charge is 0.467 e. The lowest BCUT2D eigenvalue weighted by molar-refractivity contribution is -0.164. The molecule has 0 saturated heterocycles. The molecular formula is C34H45N3O6. The van der Waals surface area contributed by atoms with E-state index in [2.05, 4.69) is 35.4 Å². The number of ether oxygens (including phenoxy) is 1. The van der Waals surface area contributed by atoms with Crippen molar-refractivity contribution in [1.29, 1.82) is 0 Å². The number of rotatable bonds is 7. The van der Waals surface area contributed by atoms with E-state index in [1.54, 1.807) is 0 Å². The Balaban J connectivity index is 1.09. The highest BCUT2D eigenvalue weighted by Crippen LogP contribution is 2.67. The molecule has 3 saturated carbocycles. The Bertz CT molecular complexity index is 1460. The maximum Gasteiger partial charge on any atom is 0.328 e. The van der Waals surface area contributed by atoms with Crippen LogP contribution in [0.4, 0.5) is 0 Å². The number of nitrogens with zero attached hydrogens (tertiary/aromatic N) is 1. The van der Waals surface area contributed by atoms with Gasteiger partial charge >= 0.3 is 5.97 Å². The number of hydrogen-bond donors (Lipinski definition) is 4. The van der Waals surface area contributed by atoms with E-state index in [0.29, 0.717) is 24.7 Å². The van der Waals surface area contributed by atoms with Crippen LogP contribution in [0.3, 0.4) is 0 Å². The first-order chi connectivity index (χ1) is 20.5. The van der Waals surface area contributed by atoms with Gasteiger partial charge in [-0.15, -0.1) is 0 Å². The first-order valence-corrected chi connectivity index (χ1v) is 15.7. The SMILES string of the molecule is COC(=O)[C@H](Cc1c[nH]c2ccccc12)NC(=O)CO/N=C1\C=C2CC[C@@H]3[C@H]([C@H](O)C[C@@]4(C)[C@H]3CC[C@]4(C)O)[C@@]2(C)CC1. The van der Waals surface area contributed by atoms with Crippen molar-refractivity contribution in [2.75, 3.05) is 13.7 Å². The van der Waals surface area contributed by atoms with E-state index in [9.17, 15) is 19.8 Å². The molecule has 0 spiro atoms. The number of esters is 1. The lowest BCUT2D eigenvalue weighted by Gasteiger charge is -2.60. The van der Waals surface area contributed by atoms with Crippen LogP contribution >= 0.6 is 0 Å². The van der Waals surface area contributed by atoms with Gasteiger partial charge in [0.2, 0.25) is 0 Å². The number of carbonyl (C=O) groups is 2. The maximum absolute atomic E-state index is 12.8. The molecule has 4 N–H and O–H groups in total. The van der Waals surface area contributed by atoms with Gasteiger partial charge in [-0.3, -0.25) is 4.79 Å². The predicted molar refractivity (Wildman–Crippen MR) is 163 cm³/mol. The summed E-state index contributed by atoms with van der Waals surface area (Å²) in [5, 5.41) is 30.7. The number of methoxy groups -OCH3 is 1. The van der Waals surface area contributed by atoms with Crippen molar-refractivity contribution in [3.63, 3.8) is 0 Å². The molecule has 4 aliphatic rings. The number of nitrogens with one attached hydrogen (secondary N) is 2. The number of aliphatic hydroxyl groups is 2. The summed E-state index contributed by atoms with van der Waals surface area (Å²) in [7, 11) is 1.30. The molecule has 1 aromatic carbocycles. The van der Waals surface area contributed by atoms with Gasteiger partial charge in [-0.05, 0) is 92.7 Å². The Labute approximate surface area is 253 Å². The van der Waals surface area contributed by atoms with Crippen molar-refractivity contribution in [3.8, 4) is 0 Å². The normalized spacial score (nSPS) is 36.7. The van der Waals surface area contributed by atoms with Gasteiger partial charge in [0, 0.05) is 28.9 Å². The van der Waals surface area contributed by atoms with Crippen LogP contribution in [0, 0.1) is 28.6 Å². The summed E-state index contributed by atoms with van der Waals surface area (Å²) >= 11 is 0. The zero-order chi connectivity index (χ0) is 30.6. The van der Waals surface area contributed by atoms with E-state index >= 15 is 0 Å². The molecular weight excluding hydrogens is 546 g/mol. The lowest BCUT2D eigenvalue weighted by atomic mass is 9.45. The molecule has 1 amide bonds. The number of aliphatic hydroxyl groups excluding tert-OH is 1. The summed E-state index contributed by atoms with van der Waals surface area (Å²) in [4.78, 5) is 33.9. The fourth-order valence-electron chi connectivity index (χ4n) is 9.26. The topological polar surface area (TPSA) is 133 Å². The number of hydrogen-bond acceptors (Lipinski definition) is 7. The molecule has 0 radical (unpaired) electrons. The molecule has 4 aliphatic carbocycles. The van der Waals surface area contributed by atoms with E-state index in [0.717, 1.165) is 54.3 Å². The van der Waals surface area contributed by atoms with Crippen LogP contribution in [-0.2, 0) is 25.6 Å². The highest BCUT2D eigenvalue weighted by molar-refractivity contribution is 5.96. The number of para-hydroxylation sites is 1. The van der Waals surface area contributed by atoms with Gasteiger partial charge in [0.05, 0.1) is 24.5 Å². The van der Waals surface area contributed by atoms with Crippen molar-refractivity contribution >= 4 is 28.5 Å². The molecule has 0 unspecified atom stereocenters. The molecule has 9 heteroatoms. The molecule has 0 bridgehead atoms. The molecule has 9 nitrogen and oxygen atoms in total. The summed E-state index contributed by atoms with van der Waals surface area (Å²) < 4.78 is 4.95. The van der Waals surface area contributed by atoms with E-state index in [-0.39, 0.29) is 29.8 Å². The summed E-state index contributed by atoms with van der Waals surface area (Å²) in [6, 6.07) is 6.94. The van der Waals surface area contributed by atoms with Crippen LogP contribution in [0.5, 0.6) is 0 Å². The van der Waals surface area contributed by atoms with Gasteiger partial charge in [-0.2, -0.15) is 0 Å². The van der Waals surface area contributed by atoms with Gasteiger partial charge in [0.25, 0.3) is 5.91 Å². The lowest BCUT2D eigenvalue weighted by Crippen LogP contribution is -2.59. The fourth-order valence-corrected chi connectivity index (χ4v) is 9.26. The third-order valence-corrected chi connectivity index (χ3v) is 11.8. The number of H-pyrrole nitrogens is 1. The molecule has 6 rings (SSSR count). The van der Waals surface area contributed by atoms with Crippen molar-refractivity contribution < 1.29 is 29.4 Å². The number of aromatic amines is 1. The third kappa shape index (κ3) is 5.08. The predicted octanol–water partition coefficient (Wildman–Crippen LogP) is 4.43. The highest BCUT2D eigenvalue weighted by Gasteiger charge is 2.64. The van der Waals surface area contributed by atoms with Gasteiger partial charge < -0.3 is 30.1 Å². The Morgan fingerprint density at radius 2 is 1.95 bits per heavy atom. The average molecular weight is 592 g/mol. The Morgan fingerprint density at radius 3 is 2.74 bits per heavy atom. The number of fused-ring (bicyclic) bond motifs is 6. The van der Waals surface area contributed by atoms with Gasteiger partial charge in [-0.25, -0.2) is 4.79 Å². The second-order valence-corrected chi connectivity index (χ2v) is 14.0. The average Bonchev–Trinajstić information content (AvgIpc) is 3.48. The summed E-state index contributed by atoms with van der Waals surface area (Å²) in [6.45, 7) is 6.13. The zero-order valence-electron chi connectivity index (χ0n) is 25.7. The molecule has 43 heavy (non-hydrogen) atoms. The molecule has 232 valence electrons. The maximum atomic E-state index is 12.8. The number of allylic oxidation sites excluding steroid dienone is 2. The van der Waals surface area contributed by atoms with Gasteiger partial charge in [0.1, 0.15) is 6.04 Å². The van der Waals surface area contributed by atoms with Crippen LogP contribution in [0.2, 0.25) is 0 Å². The minimum Gasteiger partial charge on any atom is -0.467 e. The van der Waals surface area contributed by atoms with E-state index < -0.39 is 29.6 Å². The van der Waals surface area contributed by atoms with Crippen LogP contribution in [0.25, 0.3) is 10.9 Å². The Kier molecular flexibility index (Phi) is 7.70. The van der Waals surface area contributed by atoms with Crippen LogP contribution in [-0.4, -0.2) is 64.2 Å². The Morgan fingerprint density at radius 1 is 1.16 bits per heavy atom. The quantitative estimate of drug-likeness (QED) is 0.278. The van der Waals surface area contributed by atoms with Crippen molar-refractivity contribution in [2.45, 2.75) is 89.9 Å². The van der Waals surface area contributed by atoms with Crippen LogP contribution in [0.1, 0.15) is 71.3 Å². The van der Waals surface area contributed by atoms with Crippen LogP contribution < -0.4 is 5.32 Å². The summed E-state index contributed by atoms with van der Waals surface area (Å²) in [5.74, 6) is 0.0175. The first-order valence-electron chi connectivity index (χ1n) is 15.7. The van der Waals surface area contributed by atoms with E-state index in [4.69, 9.17) is 9.57 Å². The van der Waals surface area contributed by atoms with Gasteiger partial charge in [-0.1, -0.05) is 42.8 Å². The minimum absolute atomic E-state index is 0.120. The summed E-state index contributed by atoms with van der Waals surface area (Å²) in [5.41, 5.74) is 2.85. The second kappa shape index (κ2) is 11.1. The molecule has 1 heterocycles. The highest BCUT2D eigenvalue weighted by atomic mass is 16.6. The first kappa shape index (κ1) is 29.9. The summed E-state index contributed by atoms with van der Waals surface area (Å²) in [6.07, 6.45) is 9.75. The molecule has 0 aliphatic heterocycles. The number of aromatic nitrogens is 1. The molecule has 2 aromatic rings. The minimum atomic E-state index is -0.854. The van der Waals surface area contributed by atoms with Crippen molar-refractivity contribution in [2.24, 2.45) is 33.7 Å². The van der Waals surface area contributed by atoms with Crippen LogP contribution in [0.15, 0.2) is 47.3 Å². The third-order valence-electron chi connectivity index (χ3n) is 11.8. The standard InChI is InChI=1S/C34H45N3O6/c1-32-13-11-22(16-21(32)9-10-24-25-12-14-34(3,41)33(25,2)17-28(38)30(24)32)37-43-19-29(39)36-27(31(40)42-4)15-20-18-35-26-8-6-5-7-23(20)26/h5-8,16,18,24-25,27-28,30,35,38,41H,9-15,17,19H2,1-4H3,(H,36,39)/b37-22-/t24-,25-,27-,28+,30+,32-,33-,34-/m0/s1. The molecule has 1 aromatic heterocycles. The zero-order valence-corrected chi connectivity index (χ0v) is 25.7. The van der Waals surface area contributed by atoms with E-state index in [1.165, 1.54) is 12.7 Å². The number of oxime groups is 1. The monoisotopic (exact) mass is 591 g/mol. The number of benzene rings is 1.